The van der Waals surface area contributed by atoms with Crippen LogP contribution in [-0.4, -0.2) is 21.9 Å². The zero-order chi connectivity index (χ0) is 10.6. The van der Waals surface area contributed by atoms with Crippen LogP contribution in [0.4, 0.5) is 0 Å². The lowest BCUT2D eigenvalue weighted by Crippen LogP contribution is -2.00. The highest BCUT2D eigenvalue weighted by Crippen LogP contribution is 2.08. The van der Waals surface area contributed by atoms with Gasteiger partial charge in [0, 0.05) is 11.1 Å². The lowest BCUT2D eigenvalue weighted by Gasteiger charge is -1.96. The summed E-state index contributed by atoms with van der Waals surface area (Å²) in [5, 5.41) is 10.7. The molecule has 1 N–H and O–H groups in total. The van der Waals surface area contributed by atoms with Crippen LogP contribution < -0.4 is 0 Å². The number of oxime groups is 1. The number of carbonyl (C=O) groups is 2. The van der Waals surface area contributed by atoms with E-state index in [2.05, 4.69) is 21.1 Å². The number of carbonyl (C=O) groups excluding carboxylic acids is 2. The molecule has 1 aromatic carbocycles. The number of hydrogen-bond acceptors (Lipinski definition) is 4. The molecule has 0 atom stereocenters. The summed E-state index contributed by atoms with van der Waals surface area (Å²) in [4.78, 5) is 21.9. The normalized spacial score (nSPS) is 10.4. The van der Waals surface area contributed by atoms with Crippen LogP contribution >= 0.6 is 15.9 Å². The number of halogens is 1. The molecule has 0 unspecified atom stereocenters. The molecule has 14 heavy (non-hydrogen) atoms. The van der Waals surface area contributed by atoms with Gasteiger partial charge in [-0.25, -0.2) is 0 Å². The van der Waals surface area contributed by atoms with E-state index in [1.807, 2.05) is 0 Å². The van der Waals surface area contributed by atoms with Crippen molar-refractivity contribution in [2.45, 2.75) is 0 Å². The van der Waals surface area contributed by atoms with Crippen LogP contribution in [0.5, 0.6) is 0 Å². The average Bonchev–Trinajstić information content (AvgIpc) is 2.18. The van der Waals surface area contributed by atoms with Gasteiger partial charge in [-0.2, -0.15) is 0 Å². The minimum Gasteiger partial charge on any atom is -0.411 e. The maximum absolute atomic E-state index is 11.1. The number of nitrogens with zero attached hydrogens (tertiary/aromatic N) is 1. The van der Waals surface area contributed by atoms with Crippen LogP contribution in [0.2, 0.25) is 0 Å². The molecule has 1 rings (SSSR count). The zero-order valence-corrected chi connectivity index (χ0v) is 8.56. The topological polar surface area (TPSA) is 66.7 Å². The first kappa shape index (κ1) is 10.6. The predicted octanol–water partition coefficient (Wildman–Crippen LogP) is 1.86. The van der Waals surface area contributed by atoms with Gasteiger partial charge in [-0.05, 0) is 28.1 Å². The lowest BCUT2D eigenvalue weighted by molar-refractivity contribution is 0.106. The van der Waals surface area contributed by atoms with Crippen LogP contribution in [0, 0.1) is 0 Å². The van der Waals surface area contributed by atoms with Gasteiger partial charge in [-0.3, -0.25) is 9.59 Å². The molecule has 0 aliphatic carbocycles. The molecule has 5 heteroatoms. The Labute approximate surface area is 88.4 Å². The molecule has 0 fully saturated rings. The summed E-state index contributed by atoms with van der Waals surface area (Å²) in [6, 6.07) is 5.99. The molecule has 0 aliphatic heterocycles. The Morgan fingerprint density at radius 2 is 1.71 bits per heavy atom. The first-order chi connectivity index (χ1) is 6.65. The van der Waals surface area contributed by atoms with Crippen molar-refractivity contribution in [1.82, 2.24) is 0 Å². The highest BCUT2D eigenvalue weighted by atomic mass is 79.9. The molecule has 0 saturated carbocycles. The Bertz CT molecular complexity index is 384. The van der Waals surface area contributed by atoms with Crippen LogP contribution in [0.1, 0.15) is 20.7 Å². The highest BCUT2D eigenvalue weighted by molar-refractivity contribution is 9.18. The molecule has 4 nitrogen and oxygen atoms in total. The van der Waals surface area contributed by atoms with Crippen molar-refractivity contribution in [1.29, 1.82) is 0 Å². The smallest absolute Gasteiger partial charge is 0.228 e. The van der Waals surface area contributed by atoms with E-state index >= 15 is 0 Å². The van der Waals surface area contributed by atoms with Crippen molar-refractivity contribution in [2.24, 2.45) is 5.16 Å². The van der Waals surface area contributed by atoms with Crippen LogP contribution in [0.25, 0.3) is 0 Å². The molecule has 0 heterocycles. The SMILES string of the molecule is O=C(Br)c1ccc(C(=O)C=NO)cc1. The average molecular weight is 256 g/mol. The maximum atomic E-state index is 11.1. The number of hydrogen-bond donors (Lipinski definition) is 1. The first-order valence-corrected chi connectivity index (χ1v) is 4.46. The van der Waals surface area contributed by atoms with E-state index in [0.717, 1.165) is 6.21 Å². The Balaban J connectivity index is 2.94. The van der Waals surface area contributed by atoms with Crippen LogP contribution in [-0.2, 0) is 0 Å². The number of Topliss-reactive ketones (excluding diaryl/α,β-unsaturated/α-hetero) is 1. The minimum absolute atomic E-state index is 0.243. The summed E-state index contributed by atoms with van der Waals surface area (Å²) in [5.41, 5.74) is 0.822. The maximum Gasteiger partial charge on any atom is 0.228 e. The highest BCUT2D eigenvalue weighted by Gasteiger charge is 2.04. The van der Waals surface area contributed by atoms with E-state index in [1.165, 1.54) is 24.3 Å². The molecule has 0 aliphatic rings. The second-order valence-electron chi connectivity index (χ2n) is 2.46. The Hall–Kier alpha value is -1.49. The molecule has 1 aromatic rings. The monoisotopic (exact) mass is 255 g/mol. The predicted molar refractivity (Wildman–Crippen MR) is 54.3 cm³/mol. The third-order valence-corrected chi connectivity index (χ3v) is 2.03. The standard InChI is InChI=1S/C9H6BrNO3/c10-9(13)7-3-1-6(2-4-7)8(12)5-11-14/h1-5,14H. The van der Waals surface area contributed by atoms with Crippen LogP contribution in [0.15, 0.2) is 29.4 Å². The van der Waals surface area contributed by atoms with Gasteiger partial charge in [0.05, 0.1) is 0 Å². The number of rotatable bonds is 3. The van der Waals surface area contributed by atoms with Crippen molar-refractivity contribution in [2.75, 3.05) is 0 Å². The number of ketones is 1. The van der Waals surface area contributed by atoms with Gasteiger partial charge < -0.3 is 5.21 Å². The number of benzene rings is 1. The van der Waals surface area contributed by atoms with E-state index < -0.39 is 5.78 Å². The molecular weight excluding hydrogens is 250 g/mol. The van der Waals surface area contributed by atoms with Gasteiger partial charge in [0.15, 0.2) is 0 Å². The van der Waals surface area contributed by atoms with Gasteiger partial charge >= 0.3 is 0 Å². The van der Waals surface area contributed by atoms with E-state index in [0.29, 0.717) is 11.1 Å². The summed E-state index contributed by atoms with van der Waals surface area (Å²) in [6.07, 6.45) is 0.797. The molecule has 0 amide bonds. The Morgan fingerprint density at radius 3 is 2.14 bits per heavy atom. The fourth-order valence-electron chi connectivity index (χ4n) is 0.893. The summed E-state index contributed by atoms with van der Waals surface area (Å²) in [6.45, 7) is 0. The van der Waals surface area contributed by atoms with E-state index in [9.17, 15) is 9.59 Å². The quantitative estimate of drug-likeness (QED) is 0.295. The van der Waals surface area contributed by atoms with Crippen molar-refractivity contribution in [3.05, 3.63) is 35.4 Å². The minimum atomic E-state index is -0.416. The van der Waals surface area contributed by atoms with Crippen molar-refractivity contribution in [3.8, 4) is 0 Å². The fourth-order valence-corrected chi connectivity index (χ4v) is 1.16. The zero-order valence-electron chi connectivity index (χ0n) is 6.98. The van der Waals surface area contributed by atoms with Crippen molar-refractivity contribution < 1.29 is 14.8 Å². The summed E-state index contributed by atoms with van der Waals surface area (Å²) in [7, 11) is 0. The summed E-state index contributed by atoms with van der Waals surface area (Å²) < 4.78 is -0.243. The first-order valence-electron chi connectivity index (χ1n) is 3.67. The van der Waals surface area contributed by atoms with Crippen molar-refractivity contribution >= 4 is 32.6 Å². The third-order valence-electron chi connectivity index (χ3n) is 1.57. The molecule has 0 saturated heterocycles. The van der Waals surface area contributed by atoms with Gasteiger partial charge in [0.2, 0.25) is 10.5 Å². The van der Waals surface area contributed by atoms with E-state index in [1.54, 1.807) is 0 Å². The Morgan fingerprint density at radius 1 is 1.21 bits per heavy atom. The molecule has 72 valence electrons. The third kappa shape index (κ3) is 2.50. The van der Waals surface area contributed by atoms with Gasteiger partial charge in [-0.15, -0.1) is 0 Å². The summed E-state index contributed by atoms with van der Waals surface area (Å²) in [5.74, 6) is -0.416. The van der Waals surface area contributed by atoms with Gasteiger partial charge in [-0.1, -0.05) is 17.3 Å². The van der Waals surface area contributed by atoms with Crippen LogP contribution in [0.3, 0.4) is 0 Å². The largest absolute Gasteiger partial charge is 0.411 e. The molecule has 0 aromatic heterocycles. The molecule has 0 spiro atoms. The van der Waals surface area contributed by atoms with Gasteiger partial charge in [0.25, 0.3) is 0 Å². The fraction of sp³-hybridized carbons (Fsp3) is 0. The van der Waals surface area contributed by atoms with E-state index in [-0.39, 0.29) is 4.69 Å². The molecule has 0 radical (unpaired) electrons. The van der Waals surface area contributed by atoms with Crippen molar-refractivity contribution in [3.63, 3.8) is 0 Å². The lowest BCUT2D eigenvalue weighted by atomic mass is 10.1. The molecule has 0 bridgehead atoms. The second-order valence-corrected chi connectivity index (χ2v) is 3.18. The second kappa shape index (κ2) is 4.66. The van der Waals surface area contributed by atoms with E-state index in [4.69, 9.17) is 5.21 Å². The Kier molecular flexibility index (Phi) is 3.53. The summed E-state index contributed by atoms with van der Waals surface area (Å²) >= 11 is 2.78. The van der Waals surface area contributed by atoms with Gasteiger partial charge in [0.1, 0.15) is 6.21 Å². The molecular formula is C9H6BrNO3.